The van der Waals surface area contributed by atoms with Gasteiger partial charge in [-0.3, -0.25) is 14.4 Å². The Labute approximate surface area is 247 Å². The first-order valence-corrected chi connectivity index (χ1v) is 15.1. The second kappa shape index (κ2) is 10.7. The summed E-state index contributed by atoms with van der Waals surface area (Å²) in [5, 5.41) is 18.9. The molecule has 0 bridgehead atoms. The molecule has 1 spiro atoms. The first kappa shape index (κ1) is 26.9. The monoisotopic (exact) mass is 585 g/mol. The molecule has 0 saturated carbocycles. The van der Waals surface area contributed by atoms with Crippen molar-refractivity contribution in [1.82, 2.24) is 24.8 Å². The number of hydrogen-bond acceptors (Lipinski definition) is 8. The van der Waals surface area contributed by atoms with Crippen LogP contribution < -0.4 is 0 Å². The number of carbonyl (C=O) groups excluding carboxylic acids is 3. The Morgan fingerprint density at radius 2 is 1.86 bits per heavy atom. The lowest BCUT2D eigenvalue weighted by molar-refractivity contribution is -0.153. The molecule has 3 aromatic rings. The average molecular weight is 586 g/mol. The Bertz CT molecular complexity index is 1590. The van der Waals surface area contributed by atoms with Crippen LogP contribution >= 0.6 is 11.8 Å². The van der Waals surface area contributed by atoms with Crippen LogP contribution in [0, 0.1) is 11.8 Å². The maximum Gasteiger partial charge on any atom is 0.311 e. The number of cyclic esters (lactones) is 1. The zero-order chi connectivity index (χ0) is 28.8. The number of aromatic nitrogens is 3. The molecule has 4 aliphatic heterocycles. The summed E-state index contributed by atoms with van der Waals surface area (Å²) in [6, 6.07) is 15.6. The molecule has 1 unspecified atom stereocenters. The molecule has 0 aliphatic carbocycles. The Hall–Kier alpha value is -3.96. The summed E-state index contributed by atoms with van der Waals surface area (Å²) in [7, 11) is 0. The predicted molar refractivity (Wildman–Crippen MR) is 156 cm³/mol. The maximum atomic E-state index is 14.7. The van der Waals surface area contributed by atoms with E-state index < -0.39 is 34.6 Å². The number of aliphatic hydroxyl groups is 1. The first-order valence-electron chi connectivity index (χ1n) is 14.2. The fraction of sp³-hybridized carbons (Fsp3) is 0.387. The van der Waals surface area contributed by atoms with Gasteiger partial charge in [-0.1, -0.05) is 72.0 Å². The fourth-order valence-electron chi connectivity index (χ4n) is 6.93. The van der Waals surface area contributed by atoms with Crippen molar-refractivity contribution < 1.29 is 24.2 Å². The Morgan fingerprint density at radius 1 is 1.05 bits per heavy atom. The lowest BCUT2D eigenvalue weighted by Crippen LogP contribution is -2.57. The van der Waals surface area contributed by atoms with E-state index in [-0.39, 0.29) is 36.9 Å². The topological polar surface area (TPSA) is 118 Å². The van der Waals surface area contributed by atoms with Crippen molar-refractivity contribution in [1.29, 1.82) is 0 Å². The largest absolute Gasteiger partial charge is 0.465 e. The lowest BCUT2D eigenvalue weighted by Gasteiger charge is -2.38. The van der Waals surface area contributed by atoms with E-state index >= 15 is 0 Å². The molecule has 4 aliphatic rings. The van der Waals surface area contributed by atoms with Crippen molar-refractivity contribution in [3.05, 3.63) is 84.5 Å². The molecule has 11 heteroatoms. The average Bonchev–Trinajstić information content (AvgIpc) is 3.59. The van der Waals surface area contributed by atoms with Crippen LogP contribution in [0.4, 0.5) is 0 Å². The zero-order valence-corrected chi connectivity index (χ0v) is 23.7. The number of fused-ring (bicyclic) bond motifs is 3. The number of carbonyl (C=O) groups is 3. The van der Waals surface area contributed by atoms with Crippen LogP contribution in [0.2, 0.25) is 0 Å². The van der Waals surface area contributed by atoms with E-state index in [1.807, 2.05) is 78.9 Å². The van der Waals surface area contributed by atoms with Gasteiger partial charge in [-0.2, -0.15) is 0 Å². The quantitative estimate of drug-likeness (QED) is 0.346. The Balaban J connectivity index is 1.31. The van der Waals surface area contributed by atoms with E-state index in [0.29, 0.717) is 19.4 Å². The van der Waals surface area contributed by atoms with E-state index in [9.17, 15) is 19.5 Å². The zero-order valence-electron chi connectivity index (χ0n) is 22.9. The fourth-order valence-corrected chi connectivity index (χ4v) is 8.92. The van der Waals surface area contributed by atoms with E-state index in [4.69, 9.17) is 4.74 Å². The van der Waals surface area contributed by atoms with Gasteiger partial charge in [0.15, 0.2) is 0 Å². The summed E-state index contributed by atoms with van der Waals surface area (Å²) in [4.78, 5) is 45.8. The molecular formula is C31H31N5O5S. The number of benzene rings is 2. The summed E-state index contributed by atoms with van der Waals surface area (Å²) < 4.78 is 6.26. The van der Waals surface area contributed by atoms with Crippen LogP contribution in [-0.4, -0.2) is 89.5 Å². The number of hydrogen-bond donors (Lipinski definition) is 1. The molecule has 216 valence electrons. The summed E-state index contributed by atoms with van der Waals surface area (Å²) >= 11 is 1.49. The molecule has 10 nitrogen and oxygen atoms in total. The highest BCUT2D eigenvalue weighted by atomic mass is 32.2. The number of ether oxygens (including phenoxy) is 1. The number of rotatable bonds is 6. The molecule has 2 saturated heterocycles. The number of thioether (sulfide) groups is 1. The molecule has 0 radical (unpaired) electrons. The van der Waals surface area contributed by atoms with Crippen molar-refractivity contribution >= 4 is 40.6 Å². The van der Waals surface area contributed by atoms with Crippen LogP contribution in [0.1, 0.15) is 12.0 Å². The third-order valence-corrected chi connectivity index (χ3v) is 10.5. The number of amides is 2. The van der Waals surface area contributed by atoms with Gasteiger partial charge in [0, 0.05) is 11.8 Å². The normalized spacial score (nSPS) is 29.5. The van der Waals surface area contributed by atoms with Gasteiger partial charge in [-0.15, -0.1) is 16.9 Å². The SMILES string of the molecule is O=C1OCCC=C[C@H]2S[C@]34C=CCN(Cn5nnc6ccccc65)C(=O)C3N([C@@H](CO)Cc3ccccc3)C(=O)[C@@H]4[C@@H]12. The van der Waals surface area contributed by atoms with Crippen molar-refractivity contribution in [2.24, 2.45) is 11.8 Å². The van der Waals surface area contributed by atoms with Gasteiger partial charge >= 0.3 is 5.97 Å². The molecule has 1 N–H and O–H groups in total. The summed E-state index contributed by atoms with van der Waals surface area (Å²) in [5.74, 6) is -2.49. The molecule has 1 aromatic heterocycles. The van der Waals surface area contributed by atoms with Gasteiger partial charge in [-0.05, 0) is 30.5 Å². The maximum absolute atomic E-state index is 14.7. The van der Waals surface area contributed by atoms with Gasteiger partial charge in [0.2, 0.25) is 11.8 Å². The minimum absolute atomic E-state index is 0.144. The van der Waals surface area contributed by atoms with Crippen molar-refractivity contribution in [2.45, 2.75) is 41.6 Å². The molecule has 2 amide bonds. The predicted octanol–water partition coefficient (Wildman–Crippen LogP) is 2.19. The van der Waals surface area contributed by atoms with Crippen LogP contribution in [0.25, 0.3) is 11.0 Å². The molecular weight excluding hydrogens is 554 g/mol. The molecule has 5 heterocycles. The van der Waals surface area contributed by atoms with Gasteiger partial charge in [0.1, 0.15) is 18.2 Å². The van der Waals surface area contributed by atoms with Crippen molar-refractivity contribution in [3.8, 4) is 0 Å². The second-order valence-electron chi connectivity index (χ2n) is 11.2. The highest BCUT2D eigenvalue weighted by Gasteiger charge is 2.71. The molecule has 6 atom stereocenters. The molecule has 7 rings (SSSR count). The lowest BCUT2D eigenvalue weighted by atomic mass is 9.78. The number of esters is 1. The number of nitrogens with zero attached hydrogens (tertiary/aromatic N) is 5. The van der Waals surface area contributed by atoms with Crippen LogP contribution in [0.5, 0.6) is 0 Å². The van der Waals surface area contributed by atoms with Gasteiger partial charge < -0.3 is 19.6 Å². The third kappa shape index (κ3) is 4.25. The van der Waals surface area contributed by atoms with E-state index in [2.05, 4.69) is 10.3 Å². The van der Waals surface area contributed by atoms with Crippen molar-refractivity contribution in [3.63, 3.8) is 0 Å². The van der Waals surface area contributed by atoms with Gasteiger partial charge in [0.05, 0.1) is 41.4 Å². The number of para-hydroxylation sites is 1. The van der Waals surface area contributed by atoms with E-state index in [1.165, 1.54) is 11.8 Å². The smallest absolute Gasteiger partial charge is 0.311 e. The highest BCUT2D eigenvalue weighted by Crippen LogP contribution is 2.61. The molecule has 2 fully saturated rings. The van der Waals surface area contributed by atoms with E-state index in [1.54, 1.807) is 14.5 Å². The first-order chi connectivity index (χ1) is 20.5. The number of likely N-dealkylation sites (tertiary alicyclic amines) is 1. The minimum atomic E-state index is -1.000. The van der Waals surface area contributed by atoms with Crippen molar-refractivity contribution in [2.75, 3.05) is 19.8 Å². The van der Waals surface area contributed by atoms with Crippen LogP contribution in [-0.2, 0) is 32.2 Å². The minimum Gasteiger partial charge on any atom is -0.465 e. The molecule has 2 aromatic carbocycles. The van der Waals surface area contributed by atoms with Crippen LogP contribution in [0.3, 0.4) is 0 Å². The van der Waals surface area contributed by atoms with Gasteiger partial charge in [-0.25, -0.2) is 4.68 Å². The molecule has 42 heavy (non-hydrogen) atoms. The summed E-state index contributed by atoms with van der Waals surface area (Å²) in [6.07, 6.45) is 8.85. The summed E-state index contributed by atoms with van der Waals surface area (Å²) in [6.45, 7) is 0.378. The third-order valence-electron chi connectivity index (χ3n) is 8.79. The van der Waals surface area contributed by atoms with E-state index in [0.717, 1.165) is 16.6 Å². The van der Waals surface area contributed by atoms with Gasteiger partial charge in [0.25, 0.3) is 0 Å². The summed E-state index contributed by atoms with van der Waals surface area (Å²) in [5.41, 5.74) is 2.46. The highest BCUT2D eigenvalue weighted by molar-refractivity contribution is 8.02. The second-order valence-corrected chi connectivity index (χ2v) is 12.7. The number of aliphatic hydroxyl groups excluding tert-OH is 1. The van der Waals surface area contributed by atoms with Crippen LogP contribution in [0.15, 0.2) is 78.9 Å². The Morgan fingerprint density at radius 3 is 2.69 bits per heavy atom. The Kier molecular flexibility index (Phi) is 6.86. The standard InChI is InChI=1S/C31H31N5O5S/c37-18-21(17-20-9-2-1-3-10-20)36-27-29(39)34(19-35-23-12-5-4-11-22(23)32-33-35)15-8-14-31(27)26(28(36)38)25-24(42-31)13-6-7-16-41-30(25)40/h1-6,8-14,21,24-27,37H,7,15-19H2/t21-,24-,25+,26+,27?,31+/m1/s1.